The van der Waals surface area contributed by atoms with Crippen molar-refractivity contribution in [3.8, 4) is 0 Å². The molecule has 0 aromatic heterocycles. The number of rotatable bonds is 6. The maximum atomic E-state index is 12.3. The number of nitrogens with zero attached hydrogens (tertiary/aromatic N) is 1. The van der Waals surface area contributed by atoms with Crippen LogP contribution in [0.3, 0.4) is 0 Å². The molecule has 1 fully saturated rings. The molecule has 0 radical (unpaired) electrons. The molecular formula is C14H28N2O2. The van der Waals surface area contributed by atoms with E-state index in [2.05, 4.69) is 24.2 Å². The first-order valence-electron chi connectivity index (χ1n) is 7.22. The molecule has 0 saturated heterocycles. The van der Waals surface area contributed by atoms with Crippen molar-refractivity contribution in [1.82, 2.24) is 10.2 Å². The molecule has 2 atom stereocenters. The fourth-order valence-corrected chi connectivity index (χ4v) is 2.91. The number of ether oxygens (including phenoxy) is 1. The van der Waals surface area contributed by atoms with Crippen molar-refractivity contribution in [1.29, 1.82) is 0 Å². The second-order valence-corrected chi connectivity index (χ2v) is 5.16. The number of hydrogen-bond donors (Lipinski definition) is 1. The van der Waals surface area contributed by atoms with Crippen molar-refractivity contribution in [3.05, 3.63) is 0 Å². The highest BCUT2D eigenvalue weighted by molar-refractivity contribution is 5.81. The Labute approximate surface area is 111 Å². The van der Waals surface area contributed by atoms with E-state index in [1.165, 1.54) is 6.42 Å². The zero-order chi connectivity index (χ0) is 13.6. The first kappa shape index (κ1) is 15.4. The summed E-state index contributed by atoms with van der Waals surface area (Å²) >= 11 is 0. The van der Waals surface area contributed by atoms with Crippen molar-refractivity contribution >= 4 is 5.97 Å². The summed E-state index contributed by atoms with van der Waals surface area (Å²) in [4.78, 5) is 14.6. The minimum Gasteiger partial charge on any atom is -0.465 e. The SMILES string of the molecule is CCNC1(C(=O)OCC)CCCC(N(C)CC)C1. The maximum absolute atomic E-state index is 12.3. The Kier molecular flexibility index (Phi) is 6.09. The summed E-state index contributed by atoms with van der Waals surface area (Å²) in [5.74, 6) is -0.0685. The zero-order valence-corrected chi connectivity index (χ0v) is 12.3. The van der Waals surface area contributed by atoms with Gasteiger partial charge >= 0.3 is 5.97 Å². The Morgan fingerprint density at radius 3 is 2.72 bits per heavy atom. The molecule has 0 spiro atoms. The van der Waals surface area contributed by atoms with E-state index in [0.717, 1.165) is 32.4 Å². The summed E-state index contributed by atoms with van der Waals surface area (Å²) in [5, 5.41) is 3.39. The summed E-state index contributed by atoms with van der Waals surface area (Å²) in [7, 11) is 2.14. The van der Waals surface area contributed by atoms with Crippen molar-refractivity contribution < 1.29 is 9.53 Å². The van der Waals surface area contributed by atoms with Gasteiger partial charge in [-0.3, -0.25) is 4.79 Å². The monoisotopic (exact) mass is 256 g/mol. The minimum atomic E-state index is -0.461. The highest BCUT2D eigenvalue weighted by Gasteiger charge is 2.44. The summed E-state index contributed by atoms with van der Waals surface area (Å²) in [6.07, 6.45) is 4.02. The second-order valence-electron chi connectivity index (χ2n) is 5.16. The van der Waals surface area contributed by atoms with E-state index in [-0.39, 0.29) is 5.97 Å². The summed E-state index contributed by atoms with van der Waals surface area (Å²) in [5.41, 5.74) is -0.461. The van der Waals surface area contributed by atoms with E-state index in [0.29, 0.717) is 12.6 Å². The van der Waals surface area contributed by atoms with Gasteiger partial charge in [0.15, 0.2) is 0 Å². The molecule has 1 N–H and O–H groups in total. The van der Waals surface area contributed by atoms with Crippen LogP contribution in [0.5, 0.6) is 0 Å². The number of carbonyl (C=O) groups excluding carboxylic acids is 1. The standard InChI is InChI=1S/C14H28N2O2/c1-5-15-14(13(17)18-7-3)10-8-9-12(11-14)16(4)6-2/h12,15H,5-11H2,1-4H3. The largest absolute Gasteiger partial charge is 0.465 e. The van der Waals surface area contributed by atoms with E-state index >= 15 is 0 Å². The van der Waals surface area contributed by atoms with Gasteiger partial charge in [0, 0.05) is 6.04 Å². The fourth-order valence-electron chi connectivity index (χ4n) is 2.91. The summed E-state index contributed by atoms with van der Waals surface area (Å²) < 4.78 is 5.28. The van der Waals surface area contributed by atoms with Crippen LogP contribution >= 0.6 is 0 Å². The molecular weight excluding hydrogens is 228 g/mol. The lowest BCUT2D eigenvalue weighted by atomic mass is 9.78. The highest BCUT2D eigenvalue weighted by atomic mass is 16.5. The number of nitrogens with one attached hydrogen (secondary N) is 1. The molecule has 0 bridgehead atoms. The van der Waals surface area contributed by atoms with Crippen LogP contribution in [0, 0.1) is 0 Å². The normalized spacial score (nSPS) is 28.4. The number of esters is 1. The second kappa shape index (κ2) is 7.10. The molecule has 1 aliphatic carbocycles. The van der Waals surface area contributed by atoms with Crippen LogP contribution in [0.2, 0.25) is 0 Å². The molecule has 1 rings (SSSR count). The van der Waals surface area contributed by atoms with Crippen LogP contribution in [-0.4, -0.2) is 49.2 Å². The third-order valence-corrected chi connectivity index (χ3v) is 4.03. The van der Waals surface area contributed by atoms with Gasteiger partial charge in [-0.25, -0.2) is 0 Å². The van der Waals surface area contributed by atoms with Gasteiger partial charge in [-0.15, -0.1) is 0 Å². The average Bonchev–Trinajstić information content (AvgIpc) is 2.38. The van der Waals surface area contributed by atoms with Gasteiger partial charge in [0.25, 0.3) is 0 Å². The molecule has 4 nitrogen and oxygen atoms in total. The van der Waals surface area contributed by atoms with Gasteiger partial charge in [-0.05, 0) is 52.7 Å². The van der Waals surface area contributed by atoms with E-state index in [9.17, 15) is 4.79 Å². The molecule has 0 aromatic carbocycles. The predicted octanol–water partition coefficient (Wildman–Crippen LogP) is 1.79. The van der Waals surface area contributed by atoms with Crippen molar-refractivity contribution in [3.63, 3.8) is 0 Å². The van der Waals surface area contributed by atoms with Gasteiger partial charge in [-0.1, -0.05) is 13.8 Å². The predicted molar refractivity (Wildman–Crippen MR) is 73.6 cm³/mol. The third kappa shape index (κ3) is 3.45. The minimum absolute atomic E-state index is 0.0685. The Morgan fingerprint density at radius 1 is 1.44 bits per heavy atom. The van der Waals surface area contributed by atoms with Crippen LogP contribution in [0.25, 0.3) is 0 Å². The van der Waals surface area contributed by atoms with Crippen LogP contribution in [-0.2, 0) is 9.53 Å². The Hall–Kier alpha value is -0.610. The molecule has 18 heavy (non-hydrogen) atoms. The lowest BCUT2D eigenvalue weighted by Crippen LogP contribution is -2.58. The first-order chi connectivity index (χ1) is 8.59. The smallest absolute Gasteiger partial charge is 0.326 e. The molecule has 0 aliphatic heterocycles. The molecule has 106 valence electrons. The van der Waals surface area contributed by atoms with Crippen LogP contribution in [0.1, 0.15) is 46.5 Å². The van der Waals surface area contributed by atoms with Gasteiger partial charge in [0.1, 0.15) is 5.54 Å². The molecule has 0 amide bonds. The van der Waals surface area contributed by atoms with Crippen molar-refractivity contribution in [2.45, 2.75) is 58.0 Å². The highest BCUT2D eigenvalue weighted by Crippen LogP contribution is 2.32. The van der Waals surface area contributed by atoms with Crippen molar-refractivity contribution in [2.75, 3.05) is 26.7 Å². The third-order valence-electron chi connectivity index (χ3n) is 4.03. The maximum Gasteiger partial charge on any atom is 0.326 e. The molecule has 4 heteroatoms. The quantitative estimate of drug-likeness (QED) is 0.736. The summed E-state index contributed by atoms with van der Waals surface area (Å²) in [6, 6.07) is 0.479. The van der Waals surface area contributed by atoms with E-state index in [1.54, 1.807) is 0 Å². The molecule has 1 aliphatic rings. The Balaban J connectivity index is 2.79. The number of hydrogen-bond acceptors (Lipinski definition) is 4. The van der Waals surface area contributed by atoms with Gasteiger partial charge < -0.3 is 15.0 Å². The van der Waals surface area contributed by atoms with Crippen LogP contribution in [0.15, 0.2) is 0 Å². The van der Waals surface area contributed by atoms with E-state index < -0.39 is 5.54 Å². The lowest BCUT2D eigenvalue weighted by Gasteiger charge is -2.42. The van der Waals surface area contributed by atoms with Crippen LogP contribution in [0.4, 0.5) is 0 Å². The van der Waals surface area contributed by atoms with E-state index in [4.69, 9.17) is 4.74 Å². The molecule has 0 heterocycles. The van der Waals surface area contributed by atoms with E-state index in [1.807, 2.05) is 13.8 Å². The first-order valence-corrected chi connectivity index (χ1v) is 7.22. The van der Waals surface area contributed by atoms with Crippen molar-refractivity contribution in [2.24, 2.45) is 0 Å². The van der Waals surface area contributed by atoms with Gasteiger partial charge in [-0.2, -0.15) is 0 Å². The topological polar surface area (TPSA) is 41.6 Å². The molecule has 2 unspecified atom stereocenters. The Morgan fingerprint density at radius 2 is 2.17 bits per heavy atom. The van der Waals surface area contributed by atoms with Gasteiger partial charge in [0.2, 0.25) is 0 Å². The molecule has 0 aromatic rings. The Bertz CT molecular complexity index is 267. The molecule has 1 saturated carbocycles. The van der Waals surface area contributed by atoms with Crippen LogP contribution < -0.4 is 5.32 Å². The lowest BCUT2D eigenvalue weighted by molar-refractivity contribution is -0.153. The average molecular weight is 256 g/mol. The number of likely N-dealkylation sites (N-methyl/N-ethyl adjacent to an activating group) is 1. The summed E-state index contributed by atoms with van der Waals surface area (Å²) in [6.45, 7) is 8.37. The zero-order valence-electron chi connectivity index (χ0n) is 12.3. The van der Waals surface area contributed by atoms with Gasteiger partial charge in [0.05, 0.1) is 6.61 Å². The number of carbonyl (C=O) groups is 1. The fraction of sp³-hybridized carbons (Fsp3) is 0.929.